The minimum atomic E-state index is -5.03. The maximum atomic E-state index is 11.0. The zero-order valence-corrected chi connectivity index (χ0v) is 10.9. The second-order valence-corrected chi connectivity index (χ2v) is 5.16. The molecule has 0 aromatic carbocycles. The van der Waals surface area contributed by atoms with Crippen molar-refractivity contribution in [1.29, 1.82) is 0 Å². The van der Waals surface area contributed by atoms with Gasteiger partial charge in [-0.15, -0.1) is 0 Å². The summed E-state index contributed by atoms with van der Waals surface area (Å²) in [5.41, 5.74) is 6.46. The average Bonchev–Trinajstić information content (AvgIpc) is 2.71. The molecule has 0 saturated carbocycles. The highest BCUT2D eigenvalue weighted by Gasteiger charge is 2.16. The maximum Gasteiger partial charge on any atom is 0.350 e. The zero-order valence-electron chi connectivity index (χ0n) is 12.0. The van der Waals surface area contributed by atoms with Crippen molar-refractivity contribution < 1.29 is 21.8 Å². The van der Waals surface area contributed by atoms with E-state index in [1.165, 1.54) is 24.1 Å². The molecule has 9 nitrogen and oxygen atoms in total. The molecule has 4 N–H and O–H groups in total. The summed E-state index contributed by atoms with van der Waals surface area (Å²) in [6.45, 7) is 1.57. The monoisotopic (exact) mass is 289 g/mol. The molecular weight excluding hydrogens is 273 g/mol. The maximum absolute atomic E-state index is 11.0. The lowest BCUT2D eigenvalue weighted by Crippen LogP contribution is -2.17. The molecule has 0 radical (unpaired) electrons. The normalized spacial score (nSPS) is 16.2. The molecule has 104 valence electrons. The van der Waals surface area contributed by atoms with Crippen LogP contribution in [0.2, 0.25) is 0 Å². The molecule has 0 fully saturated rings. The number of nitrogens with two attached hydrogens (primary N) is 1. The quantitative estimate of drug-likeness (QED) is 0.651. The lowest BCUT2D eigenvalue weighted by atomic mass is 10.4. The van der Waals surface area contributed by atoms with Crippen molar-refractivity contribution in [3.63, 3.8) is 0 Å². The Kier molecular flexibility index (Phi) is 3.10. The Balaban J connectivity index is 2.17. The molecule has 10 heteroatoms. The third kappa shape index (κ3) is 3.48. The number of nitrogen functional groups attached to an aromatic ring is 1. The first-order valence-electron chi connectivity index (χ1n) is 6.26. The fourth-order valence-corrected chi connectivity index (χ4v) is 1.82. The van der Waals surface area contributed by atoms with Crippen molar-refractivity contribution >= 4 is 24.6 Å². The van der Waals surface area contributed by atoms with Crippen LogP contribution in [0, 0.1) is 0 Å². The highest BCUT2D eigenvalue weighted by atomic mass is 31.2. The number of imidazole rings is 1. The summed E-state index contributed by atoms with van der Waals surface area (Å²) in [4.78, 5) is 29.6. The summed E-state index contributed by atoms with van der Waals surface area (Å²) in [6, 6.07) is 0. The van der Waals surface area contributed by atoms with E-state index in [0.717, 1.165) is 0 Å². The lowest BCUT2D eigenvalue weighted by molar-refractivity contribution is 0.0764. The van der Waals surface area contributed by atoms with Gasteiger partial charge in [-0.3, -0.25) is 4.57 Å². The van der Waals surface area contributed by atoms with Crippen LogP contribution in [-0.2, 0) is 15.8 Å². The number of hydrogen-bond acceptors (Lipinski definition) is 6. The Morgan fingerprint density at radius 1 is 1.58 bits per heavy atom. The number of aromatic nitrogens is 4. The summed E-state index contributed by atoms with van der Waals surface area (Å²) in [6.07, 6.45) is -1.21. The first-order chi connectivity index (χ1) is 9.62. The van der Waals surface area contributed by atoms with E-state index in [2.05, 4.69) is 15.0 Å². The highest BCUT2D eigenvalue weighted by Crippen LogP contribution is 2.34. The molecule has 2 aromatic rings. The van der Waals surface area contributed by atoms with E-state index < -0.39 is 20.0 Å². The van der Waals surface area contributed by atoms with Gasteiger partial charge in [-0.05, 0) is 6.92 Å². The van der Waals surface area contributed by atoms with Crippen LogP contribution in [0.4, 0.5) is 5.82 Å². The van der Waals surface area contributed by atoms with Crippen LogP contribution in [0.15, 0.2) is 12.7 Å². The fraction of sp³-hybridized carbons (Fsp3) is 0.444. The van der Waals surface area contributed by atoms with E-state index in [1.807, 2.05) is 0 Å². The van der Waals surface area contributed by atoms with Gasteiger partial charge in [0.15, 0.2) is 11.5 Å². The number of anilines is 1. The Bertz CT molecular complexity index is 703. The van der Waals surface area contributed by atoms with Gasteiger partial charge in [-0.2, -0.15) is 0 Å². The summed E-state index contributed by atoms with van der Waals surface area (Å²) in [5.74, 6) is 0.206. The molecule has 19 heavy (non-hydrogen) atoms. The molecule has 0 aliphatic heterocycles. The number of rotatable bonds is 5. The van der Waals surface area contributed by atoms with E-state index >= 15 is 0 Å². The van der Waals surface area contributed by atoms with Crippen molar-refractivity contribution in [2.75, 3.05) is 12.0 Å². The van der Waals surface area contributed by atoms with Gasteiger partial charge in [0.1, 0.15) is 18.1 Å². The smallest absolute Gasteiger partial charge is 0.350 e. The van der Waals surface area contributed by atoms with Crippen molar-refractivity contribution in [2.45, 2.75) is 19.6 Å². The zero-order chi connectivity index (χ0) is 15.8. The first-order valence-corrected chi connectivity index (χ1v) is 6.88. The van der Waals surface area contributed by atoms with Gasteiger partial charge in [-0.25, -0.2) is 15.0 Å². The molecule has 0 saturated heterocycles. The minimum Gasteiger partial charge on any atom is -0.382 e. The predicted molar refractivity (Wildman–Crippen MR) is 67.2 cm³/mol. The van der Waals surface area contributed by atoms with E-state index in [4.69, 9.17) is 23.0 Å². The van der Waals surface area contributed by atoms with E-state index in [1.54, 1.807) is 0 Å². The Labute approximate surface area is 111 Å². The van der Waals surface area contributed by atoms with Crippen LogP contribution in [0.25, 0.3) is 11.2 Å². The van der Waals surface area contributed by atoms with Crippen molar-refractivity contribution in [3.8, 4) is 0 Å². The van der Waals surface area contributed by atoms with Gasteiger partial charge in [0.2, 0.25) is 0 Å². The Hall–Kier alpha value is -1.54. The number of hydrogen-bond donors (Lipinski definition) is 3. The topological polar surface area (TPSA) is 136 Å². The van der Waals surface area contributed by atoms with Crippen molar-refractivity contribution in [2.24, 2.45) is 0 Å². The predicted octanol–water partition coefficient (Wildman–Crippen LogP) is -0.0512. The first kappa shape index (κ1) is 11.3. The number of fused-ring (bicyclic) bond motifs is 1. The van der Waals surface area contributed by atoms with Crippen molar-refractivity contribution in [1.82, 2.24) is 19.5 Å². The van der Waals surface area contributed by atoms with Crippen LogP contribution in [0.3, 0.4) is 0 Å². The molecule has 0 aliphatic rings. The van der Waals surface area contributed by atoms with Crippen molar-refractivity contribution in [3.05, 3.63) is 12.7 Å². The number of ether oxygens (including phenoxy) is 1. The van der Waals surface area contributed by atoms with Gasteiger partial charge >= 0.3 is 7.60 Å². The van der Waals surface area contributed by atoms with Gasteiger partial charge < -0.3 is 24.8 Å². The molecule has 2 rings (SSSR count). The number of nitrogens with zero attached hydrogens (tertiary/aromatic N) is 4. The third-order valence-electron chi connectivity index (χ3n) is 2.26. The van der Waals surface area contributed by atoms with Gasteiger partial charge in [0.25, 0.3) is 0 Å². The summed E-state index contributed by atoms with van der Waals surface area (Å²) >= 11 is 0. The highest BCUT2D eigenvalue weighted by molar-refractivity contribution is 7.51. The lowest BCUT2D eigenvalue weighted by Gasteiger charge is -2.14. The van der Waals surface area contributed by atoms with Gasteiger partial charge in [0, 0.05) is 0 Å². The second-order valence-electron chi connectivity index (χ2n) is 3.89. The molecule has 0 bridgehead atoms. The summed E-state index contributed by atoms with van der Waals surface area (Å²) in [5, 5.41) is 0. The summed E-state index contributed by atoms with van der Waals surface area (Å²) < 4.78 is 31.8. The molecule has 0 amide bonds. The molecule has 0 spiro atoms. The minimum absolute atomic E-state index is 0.0897. The largest absolute Gasteiger partial charge is 0.382 e. The Morgan fingerprint density at radius 3 is 3.00 bits per heavy atom. The van der Waals surface area contributed by atoms with Crippen LogP contribution in [0.5, 0.6) is 0 Å². The van der Waals surface area contributed by atoms with E-state index in [0.29, 0.717) is 11.2 Å². The van der Waals surface area contributed by atoms with Gasteiger partial charge in [0.05, 0.1) is 21.7 Å². The molecule has 2 heterocycles. The SMILES string of the molecule is [2H]C([2H])(O[C@H](C)Cn1cnc2c(N)ncnc21)P(=O)(O)O. The molecular formula is C9H14N5O4P. The molecule has 1 atom stereocenters. The molecule has 0 unspecified atom stereocenters. The van der Waals surface area contributed by atoms with E-state index in [9.17, 15) is 4.57 Å². The second kappa shape index (κ2) is 5.22. The average molecular weight is 289 g/mol. The van der Waals surface area contributed by atoms with E-state index in [-0.39, 0.29) is 12.4 Å². The molecule has 0 aliphatic carbocycles. The van der Waals surface area contributed by atoms with Gasteiger partial charge in [-0.1, -0.05) is 0 Å². The fourth-order valence-electron chi connectivity index (χ4n) is 1.51. The van der Waals surface area contributed by atoms with Crippen LogP contribution < -0.4 is 5.73 Å². The van der Waals surface area contributed by atoms with Crippen LogP contribution in [0.1, 0.15) is 9.67 Å². The standard InChI is InChI=1S/C9H14N5O4P/c1-6(18-5-19(15,16)17)2-14-4-13-7-8(10)11-3-12-9(7)14/h3-4,6H,2,5H2,1H3,(H2,10,11,12)(H2,15,16,17)/t6-/m1/s1/i5D2. The summed E-state index contributed by atoms with van der Waals surface area (Å²) in [7, 11) is -5.03. The Morgan fingerprint density at radius 2 is 2.32 bits per heavy atom. The third-order valence-corrected chi connectivity index (χ3v) is 2.60. The van der Waals surface area contributed by atoms with Crippen LogP contribution in [-0.4, -0.2) is 41.7 Å². The molecule has 2 aromatic heterocycles. The van der Waals surface area contributed by atoms with Crippen LogP contribution >= 0.6 is 7.60 Å².